The molecule has 0 bridgehead atoms. The average molecular weight is 388 g/mol. The first-order chi connectivity index (χ1) is 13.0. The maximum atomic E-state index is 13.2. The van der Waals surface area contributed by atoms with Crippen molar-refractivity contribution in [2.24, 2.45) is 5.73 Å². The van der Waals surface area contributed by atoms with E-state index >= 15 is 0 Å². The molecule has 0 spiro atoms. The Morgan fingerprint density at radius 1 is 0.963 bits per heavy atom. The van der Waals surface area contributed by atoms with Crippen molar-refractivity contribution >= 4 is 27.4 Å². The summed E-state index contributed by atoms with van der Waals surface area (Å²) in [4.78, 5) is 12.5. The van der Waals surface area contributed by atoms with Gasteiger partial charge >= 0.3 is 6.03 Å². The molecule has 1 aliphatic heterocycles. The first-order valence-corrected chi connectivity index (χ1v) is 10.4. The van der Waals surface area contributed by atoms with Crippen LogP contribution in [0.25, 0.3) is 0 Å². The summed E-state index contributed by atoms with van der Waals surface area (Å²) in [5, 5.41) is 5.36. The van der Waals surface area contributed by atoms with Crippen LogP contribution in [-0.4, -0.2) is 31.8 Å². The summed E-state index contributed by atoms with van der Waals surface area (Å²) in [7, 11) is -3.74. The van der Waals surface area contributed by atoms with E-state index < -0.39 is 16.1 Å². The summed E-state index contributed by atoms with van der Waals surface area (Å²) in [5.41, 5.74) is 7.12. The number of rotatable bonds is 5. The number of carbonyl (C=O) groups is 1. The molecule has 2 aromatic carbocycles. The van der Waals surface area contributed by atoms with E-state index in [9.17, 15) is 13.2 Å². The lowest BCUT2D eigenvalue weighted by Gasteiger charge is -2.28. The number of nitrogens with two attached hydrogens (primary N) is 1. The second kappa shape index (κ2) is 8.51. The summed E-state index contributed by atoms with van der Waals surface area (Å²) in [5.74, 6) is 0. The fourth-order valence-electron chi connectivity index (χ4n) is 3.19. The third-order valence-corrected chi connectivity index (χ3v) is 6.55. The minimum atomic E-state index is -3.74. The van der Waals surface area contributed by atoms with Crippen LogP contribution in [0.15, 0.2) is 53.4 Å². The monoisotopic (exact) mass is 388 g/mol. The largest absolute Gasteiger partial charge is 0.326 e. The van der Waals surface area contributed by atoms with E-state index in [1.807, 2.05) is 6.07 Å². The Labute approximate surface area is 159 Å². The molecule has 7 nitrogen and oxygen atoms in total. The highest BCUT2D eigenvalue weighted by atomic mass is 32.2. The molecule has 1 saturated heterocycles. The summed E-state index contributed by atoms with van der Waals surface area (Å²) >= 11 is 0. The lowest BCUT2D eigenvalue weighted by Crippen LogP contribution is -2.37. The molecule has 0 aliphatic carbocycles. The molecule has 2 aromatic rings. The number of hydrogen-bond donors (Lipinski definition) is 3. The summed E-state index contributed by atoms with van der Waals surface area (Å²) < 4.78 is 27.9. The molecule has 1 fully saturated rings. The molecule has 0 aromatic heterocycles. The molecule has 0 unspecified atom stereocenters. The summed E-state index contributed by atoms with van der Waals surface area (Å²) in [6.07, 6.45) is 2.69. The number of nitrogens with zero attached hydrogens (tertiary/aromatic N) is 1. The average Bonchev–Trinajstić information content (AvgIpc) is 2.69. The molecule has 0 atom stereocenters. The highest BCUT2D eigenvalue weighted by Crippen LogP contribution is 2.30. The number of nitrogens with one attached hydrogen (secondary N) is 2. The number of para-hydroxylation sites is 1. The van der Waals surface area contributed by atoms with E-state index in [0.29, 0.717) is 24.3 Å². The molecule has 0 saturated carbocycles. The number of piperidine rings is 1. The fourth-order valence-corrected chi connectivity index (χ4v) is 5.07. The van der Waals surface area contributed by atoms with Crippen LogP contribution in [-0.2, 0) is 16.6 Å². The van der Waals surface area contributed by atoms with Crippen LogP contribution in [0.2, 0.25) is 0 Å². The van der Waals surface area contributed by atoms with Crippen LogP contribution in [0.3, 0.4) is 0 Å². The van der Waals surface area contributed by atoms with Crippen molar-refractivity contribution in [1.82, 2.24) is 4.31 Å². The zero-order valence-electron chi connectivity index (χ0n) is 15.0. The van der Waals surface area contributed by atoms with Crippen molar-refractivity contribution in [1.29, 1.82) is 0 Å². The predicted octanol–water partition coefficient (Wildman–Crippen LogP) is 2.96. The Hall–Kier alpha value is -2.42. The van der Waals surface area contributed by atoms with Crippen molar-refractivity contribution in [3.05, 3.63) is 54.1 Å². The second-order valence-corrected chi connectivity index (χ2v) is 8.28. The van der Waals surface area contributed by atoms with Gasteiger partial charge in [0.15, 0.2) is 0 Å². The highest BCUT2D eigenvalue weighted by Gasteiger charge is 2.30. The molecule has 3 rings (SSSR count). The lowest BCUT2D eigenvalue weighted by atomic mass is 10.2. The van der Waals surface area contributed by atoms with Crippen molar-refractivity contribution in [2.75, 3.05) is 23.7 Å². The van der Waals surface area contributed by atoms with Gasteiger partial charge in [-0.3, -0.25) is 0 Å². The van der Waals surface area contributed by atoms with Crippen LogP contribution < -0.4 is 16.4 Å². The van der Waals surface area contributed by atoms with Gasteiger partial charge in [-0.25, -0.2) is 13.2 Å². The first kappa shape index (κ1) is 19.3. The molecule has 144 valence electrons. The standard InChI is InChI=1S/C19H24N4O3S/c20-14-15-8-7-11-17(22-19(24)21-16-9-3-1-4-10-16)18(15)27(25,26)23-12-5-2-6-13-23/h1,3-4,7-11H,2,5-6,12-14,20H2,(H2,21,22,24). The Kier molecular flexibility index (Phi) is 6.10. The molecule has 1 heterocycles. The van der Waals surface area contributed by atoms with E-state index in [4.69, 9.17) is 5.73 Å². The van der Waals surface area contributed by atoms with Crippen LogP contribution in [0.1, 0.15) is 24.8 Å². The van der Waals surface area contributed by atoms with Gasteiger partial charge in [0, 0.05) is 25.3 Å². The Morgan fingerprint density at radius 2 is 1.67 bits per heavy atom. The van der Waals surface area contributed by atoms with Crippen molar-refractivity contribution in [2.45, 2.75) is 30.7 Å². The quantitative estimate of drug-likeness (QED) is 0.732. The maximum absolute atomic E-state index is 13.2. The molecule has 27 heavy (non-hydrogen) atoms. The first-order valence-electron chi connectivity index (χ1n) is 8.97. The Balaban J connectivity index is 1.90. The molecule has 8 heteroatoms. The number of amides is 2. The minimum Gasteiger partial charge on any atom is -0.326 e. The van der Waals surface area contributed by atoms with Gasteiger partial charge in [-0.2, -0.15) is 4.31 Å². The highest BCUT2D eigenvalue weighted by molar-refractivity contribution is 7.89. The van der Waals surface area contributed by atoms with Gasteiger partial charge in [0.2, 0.25) is 10.0 Å². The third-order valence-electron chi connectivity index (χ3n) is 4.51. The maximum Gasteiger partial charge on any atom is 0.323 e. The van der Waals surface area contributed by atoms with E-state index in [-0.39, 0.29) is 17.1 Å². The smallest absolute Gasteiger partial charge is 0.323 e. The van der Waals surface area contributed by atoms with Gasteiger partial charge in [0.05, 0.1) is 5.69 Å². The molecular formula is C19H24N4O3S. The zero-order chi connectivity index (χ0) is 19.3. The molecule has 0 radical (unpaired) electrons. The number of urea groups is 1. The van der Waals surface area contributed by atoms with Crippen molar-refractivity contribution < 1.29 is 13.2 Å². The molecule has 1 aliphatic rings. The number of anilines is 2. The summed E-state index contributed by atoms with van der Waals surface area (Å²) in [6.45, 7) is 1.03. The van der Waals surface area contributed by atoms with Gasteiger partial charge < -0.3 is 16.4 Å². The minimum absolute atomic E-state index is 0.0677. The van der Waals surface area contributed by atoms with E-state index in [1.54, 1.807) is 42.5 Å². The Bertz CT molecular complexity index is 894. The SMILES string of the molecule is NCc1cccc(NC(=O)Nc2ccccc2)c1S(=O)(=O)N1CCCCC1. The van der Waals surface area contributed by atoms with Crippen LogP contribution >= 0.6 is 0 Å². The van der Waals surface area contributed by atoms with Gasteiger partial charge in [-0.05, 0) is 36.6 Å². The second-order valence-electron chi connectivity index (χ2n) is 6.41. The fraction of sp³-hybridized carbons (Fsp3) is 0.316. The normalized spacial score (nSPS) is 15.3. The topological polar surface area (TPSA) is 105 Å². The van der Waals surface area contributed by atoms with Crippen molar-refractivity contribution in [3.8, 4) is 0 Å². The lowest BCUT2D eigenvalue weighted by molar-refractivity contribution is 0.262. The van der Waals surface area contributed by atoms with E-state index in [0.717, 1.165) is 19.3 Å². The van der Waals surface area contributed by atoms with E-state index in [2.05, 4.69) is 10.6 Å². The Morgan fingerprint density at radius 3 is 2.33 bits per heavy atom. The number of benzene rings is 2. The zero-order valence-corrected chi connectivity index (χ0v) is 15.8. The number of carbonyl (C=O) groups excluding carboxylic acids is 1. The number of sulfonamides is 1. The van der Waals surface area contributed by atoms with Crippen LogP contribution in [0.5, 0.6) is 0 Å². The summed E-state index contributed by atoms with van der Waals surface area (Å²) in [6, 6.07) is 13.4. The van der Waals surface area contributed by atoms with Gasteiger partial charge in [0.25, 0.3) is 0 Å². The van der Waals surface area contributed by atoms with Crippen LogP contribution in [0.4, 0.5) is 16.2 Å². The molecule has 2 amide bonds. The predicted molar refractivity (Wildman–Crippen MR) is 106 cm³/mol. The molecular weight excluding hydrogens is 364 g/mol. The van der Waals surface area contributed by atoms with Crippen molar-refractivity contribution in [3.63, 3.8) is 0 Å². The van der Waals surface area contributed by atoms with Gasteiger partial charge in [-0.15, -0.1) is 0 Å². The number of hydrogen-bond acceptors (Lipinski definition) is 4. The molecule has 4 N–H and O–H groups in total. The van der Waals surface area contributed by atoms with Crippen LogP contribution in [0, 0.1) is 0 Å². The van der Waals surface area contributed by atoms with E-state index in [1.165, 1.54) is 4.31 Å². The van der Waals surface area contributed by atoms with Gasteiger partial charge in [0.1, 0.15) is 4.90 Å². The third kappa shape index (κ3) is 4.47. The van der Waals surface area contributed by atoms with Gasteiger partial charge in [-0.1, -0.05) is 36.8 Å².